The van der Waals surface area contributed by atoms with Gasteiger partial charge < -0.3 is 16.0 Å². The predicted octanol–water partition coefficient (Wildman–Crippen LogP) is 2.22. The second-order valence-electron chi connectivity index (χ2n) is 5.33. The van der Waals surface area contributed by atoms with Crippen molar-refractivity contribution >= 4 is 17.5 Å². The molecule has 20 heavy (non-hydrogen) atoms. The Hall–Kier alpha value is -2.30. The topological polar surface area (TPSA) is 67.1 Å². The molecule has 5 heteroatoms. The van der Waals surface area contributed by atoms with Crippen LogP contribution in [-0.2, 0) is 6.42 Å². The normalized spacial score (nSPS) is 16.8. The maximum Gasteiger partial charge on any atom is 0.226 e. The zero-order valence-corrected chi connectivity index (χ0v) is 11.8. The molecule has 1 aliphatic rings. The van der Waals surface area contributed by atoms with Crippen LogP contribution < -0.4 is 16.0 Å². The zero-order valence-electron chi connectivity index (χ0n) is 11.8. The Morgan fingerprint density at radius 1 is 1.30 bits per heavy atom. The Morgan fingerprint density at radius 3 is 2.95 bits per heavy atom. The van der Waals surface area contributed by atoms with Crippen molar-refractivity contribution in [3.63, 3.8) is 0 Å². The lowest BCUT2D eigenvalue weighted by Gasteiger charge is -2.16. The minimum absolute atomic E-state index is 0.301. The van der Waals surface area contributed by atoms with Crippen LogP contribution in [0.4, 0.5) is 17.5 Å². The minimum Gasteiger partial charge on any atom is -0.399 e. The monoisotopic (exact) mass is 269 g/mol. The van der Waals surface area contributed by atoms with Crippen LogP contribution in [0.25, 0.3) is 0 Å². The van der Waals surface area contributed by atoms with E-state index in [9.17, 15) is 0 Å². The lowest BCUT2D eigenvalue weighted by molar-refractivity contribution is 0.756. The van der Waals surface area contributed by atoms with Gasteiger partial charge in [0, 0.05) is 26.0 Å². The molecule has 1 unspecified atom stereocenters. The molecular weight excluding hydrogens is 250 g/mol. The fourth-order valence-electron chi connectivity index (χ4n) is 2.61. The largest absolute Gasteiger partial charge is 0.399 e. The summed E-state index contributed by atoms with van der Waals surface area (Å²) in [6, 6.07) is 8.35. The van der Waals surface area contributed by atoms with E-state index in [0.29, 0.717) is 12.0 Å². The highest BCUT2D eigenvalue weighted by molar-refractivity contribution is 5.51. The fourth-order valence-corrected chi connectivity index (χ4v) is 2.61. The Morgan fingerprint density at radius 2 is 2.15 bits per heavy atom. The van der Waals surface area contributed by atoms with E-state index in [1.165, 1.54) is 11.1 Å². The van der Waals surface area contributed by atoms with Crippen LogP contribution >= 0.6 is 0 Å². The van der Waals surface area contributed by atoms with E-state index in [0.717, 1.165) is 24.3 Å². The van der Waals surface area contributed by atoms with E-state index < -0.39 is 0 Å². The Kier molecular flexibility index (Phi) is 3.18. The van der Waals surface area contributed by atoms with Crippen LogP contribution in [-0.4, -0.2) is 24.1 Å². The number of benzene rings is 1. The fraction of sp³-hybridized carbons (Fsp3) is 0.333. The molecule has 0 saturated carbocycles. The third-order valence-corrected chi connectivity index (χ3v) is 3.61. The van der Waals surface area contributed by atoms with Gasteiger partial charge in [-0.1, -0.05) is 6.07 Å². The van der Waals surface area contributed by atoms with E-state index in [2.05, 4.69) is 27.4 Å². The zero-order chi connectivity index (χ0) is 14.1. The van der Waals surface area contributed by atoms with Crippen molar-refractivity contribution in [3.05, 3.63) is 41.6 Å². The number of nitrogens with two attached hydrogens (primary N) is 1. The van der Waals surface area contributed by atoms with E-state index in [4.69, 9.17) is 5.73 Å². The molecule has 1 aliphatic carbocycles. The van der Waals surface area contributed by atoms with Gasteiger partial charge in [0.05, 0.1) is 6.04 Å². The first-order chi connectivity index (χ1) is 9.63. The summed E-state index contributed by atoms with van der Waals surface area (Å²) in [6.07, 6.45) is 3.91. The molecule has 1 aromatic carbocycles. The molecule has 0 radical (unpaired) electrons. The number of anilines is 3. The molecule has 0 saturated heterocycles. The molecule has 104 valence electrons. The van der Waals surface area contributed by atoms with Crippen molar-refractivity contribution in [1.82, 2.24) is 9.97 Å². The maximum absolute atomic E-state index is 5.84. The highest BCUT2D eigenvalue weighted by Crippen LogP contribution is 2.34. The summed E-state index contributed by atoms with van der Waals surface area (Å²) in [5.41, 5.74) is 9.33. The predicted molar refractivity (Wildman–Crippen MR) is 81.9 cm³/mol. The van der Waals surface area contributed by atoms with Gasteiger partial charge in [-0.25, -0.2) is 4.98 Å². The highest BCUT2D eigenvalue weighted by Gasteiger charge is 2.22. The lowest BCUT2D eigenvalue weighted by Crippen LogP contribution is -2.15. The molecule has 0 aliphatic heterocycles. The van der Waals surface area contributed by atoms with E-state index in [-0.39, 0.29) is 0 Å². The standard InChI is InChI=1S/C15H19N5/c1-20(2)15-17-8-7-14(19-15)18-13-6-3-10-9-11(16)4-5-12(10)13/h4-5,7-9,13H,3,6,16H2,1-2H3,(H,17,18,19). The Labute approximate surface area is 118 Å². The summed E-state index contributed by atoms with van der Waals surface area (Å²) in [5, 5.41) is 3.49. The molecule has 5 nitrogen and oxygen atoms in total. The van der Waals surface area contributed by atoms with Crippen molar-refractivity contribution in [2.24, 2.45) is 0 Å². The summed E-state index contributed by atoms with van der Waals surface area (Å²) in [6.45, 7) is 0. The molecule has 0 spiro atoms. The van der Waals surface area contributed by atoms with Gasteiger partial charge in [-0.3, -0.25) is 0 Å². The van der Waals surface area contributed by atoms with Crippen molar-refractivity contribution in [1.29, 1.82) is 0 Å². The maximum atomic E-state index is 5.84. The van der Waals surface area contributed by atoms with Gasteiger partial charge in [0.2, 0.25) is 5.95 Å². The number of aromatic nitrogens is 2. The number of nitrogens with one attached hydrogen (secondary N) is 1. The number of hydrogen-bond donors (Lipinski definition) is 2. The Balaban J connectivity index is 1.82. The second-order valence-corrected chi connectivity index (χ2v) is 5.33. The smallest absolute Gasteiger partial charge is 0.226 e. The first-order valence-electron chi connectivity index (χ1n) is 6.78. The van der Waals surface area contributed by atoms with E-state index in [1.54, 1.807) is 6.20 Å². The van der Waals surface area contributed by atoms with Crippen molar-refractivity contribution in [3.8, 4) is 0 Å². The molecule has 1 heterocycles. The molecule has 3 N–H and O–H groups in total. The van der Waals surface area contributed by atoms with E-state index in [1.807, 2.05) is 31.1 Å². The molecule has 0 amide bonds. The molecule has 0 fully saturated rings. The van der Waals surface area contributed by atoms with Gasteiger partial charge in [-0.15, -0.1) is 0 Å². The number of fused-ring (bicyclic) bond motifs is 1. The number of aryl methyl sites for hydroxylation is 1. The van der Waals surface area contributed by atoms with E-state index >= 15 is 0 Å². The SMILES string of the molecule is CN(C)c1nccc(NC2CCc3cc(N)ccc32)n1. The third-order valence-electron chi connectivity index (χ3n) is 3.61. The summed E-state index contributed by atoms with van der Waals surface area (Å²) >= 11 is 0. The van der Waals surface area contributed by atoms with Gasteiger partial charge in [0.25, 0.3) is 0 Å². The van der Waals surface area contributed by atoms with Crippen LogP contribution in [0, 0.1) is 0 Å². The molecule has 1 atom stereocenters. The van der Waals surface area contributed by atoms with Crippen LogP contribution in [0.2, 0.25) is 0 Å². The summed E-state index contributed by atoms with van der Waals surface area (Å²) in [5.74, 6) is 1.57. The average molecular weight is 269 g/mol. The first-order valence-corrected chi connectivity index (χ1v) is 6.78. The molecule has 1 aromatic heterocycles. The Bertz CT molecular complexity index is 623. The van der Waals surface area contributed by atoms with Gasteiger partial charge >= 0.3 is 0 Å². The number of rotatable bonds is 3. The molecule has 2 aromatic rings. The highest BCUT2D eigenvalue weighted by atomic mass is 15.2. The van der Waals surface area contributed by atoms with Gasteiger partial charge in [0.15, 0.2) is 0 Å². The minimum atomic E-state index is 0.301. The first kappa shape index (κ1) is 12.7. The number of nitrogens with zero attached hydrogens (tertiary/aromatic N) is 3. The van der Waals surface area contributed by atoms with Gasteiger partial charge in [-0.2, -0.15) is 4.98 Å². The number of hydrogen-bond acceptors (Lipinski definition) is 5. The average Bonchev–Trinajstić information content (AvgIpc) is 2.81. The van der Waals surface area contributed by atoms with Crippen LogP contribution in [0.15, 0.2) is 30.5 Å². The van der Waals surface area contributed by atoms with Gasteiger partial charge in [0.1, 0.15) is 5.82 Å². The summed E-state index contributed by atoms with van der Waals surface area (Å²) in [4.78, 5) is 10.6. The van der Waals surface area contributed by atoms with Crippen LogP contribution in [0.5, 0.6) is 0 Å². The van der Waals surface area contributed by atoms with Crippen molar-refractivity contribution in [2.45, 2.75) is 18.9 Å². The molecule has 3 rings (SSSR count). The molecular formula is C15H19N5. The second kappa shape index (κ2) is 5.00. The van der Waals surface area contributed by atoms with Gasteiger partial charge in [-0.05, 0) is 42.2 Å². The lowest BCUT2D eigenvalue weighted by atomic mass is 10.1. The number of nitrogen functional groups attached to an aromatic ring is 1. The third kappa shape index (κ3) is 2.39. The molecule has 0 bridgehead atoms. The van der Waals surface area contributed by atoms with Crippen molar-refractivity contribution < 1.29 is 0 Å². The van der Waals surface area contributed by atoms with Crippen LogP contribution in [0.3, 0.4) is 0 Å². The summed E-state index contributed by atoms with van der Waals surface area (Å²) < 4.78 is 0. The summed E-state index contributed by atoms with van der Waals surface area (Å²) in [7, 11) is 3.87. The van der Waals surface area contributed by atoms with Crippen LogP contribution in [0.1, 0.15) is 23.6 Å². The quantitative estimate of drug-likeness (QED) is 0.836. The van der Waals surface area contributed by atoms with Crippen molar-refractivity contribution in [2.75, 3.05) is 30.0 Å².